The summed E-state index contributed by atoms with van der Waals surface area (Å²) in [7, 11) is 0. The zero-order valence-electron chi connectivity index (χ0n) is 51.8. The first-order chi connectivity index (χ1) is 48.1. The van der Waals surface area contributed by atoms with Crippen molar-refractivity contribution in [3.8, 4) is 28.5 Å². The smallest absolute Gasteiger partial charge is 0.235 e. The van der Waals surface area contributed by atoms with Crippen molar-refractivity contribution in [3.05, 3.63) is 309 Å². The fraction of sp³-hybridized carbons (Fsp3) is 0. The Labute approximate surface area is 557 Å². The molecule has 8 nitrogen and oxygen atoms in total. The highest BCUT2D eigenvalue weighted by molar-refractivity contribution is 6.38. The third-order valence-electron chi connectivity index (χ3n) is 19.5. The van der Waals surface area contributed by atoms with E-state index in [0.717, 1.165) is 159 Å². The molecule has 0 fully saturated rings. The lowest BCUT2D eigenvalue weighted by Gasteiger charge is -2.14. The van der Waals surface area contributed by atoms with Gasteiger partial charge in [0.25, 0.3) is 0 Å². The molecule has 0 unspecified atom stereocenters. The van der Waals surface area contributed by atoms with Crippen molar-refractivity contribution in [1.29, 1.82) is 0 Å². The van der Waals surface area contributed by atoms with Crippen LogP contribution in [-0.4, -0.2) is 29.5 Å². The van der Waals surface area contributed by atoms with E-state index in [-0.39, 0.29) is 5.28 Å². The number of furan rings is 2. The zero-order valence-corrected chi connectivity index (χ0v) is 52.6. The predicted octanol–water partition coefficient (Wildman–Crippen LogP) is 24.4. The minimum absolute atomic E-state index is 0.276. The van der Waals surface area contributed by atoms with Crippen LogP contribution in [0.2, 0.25) is 5.28 Å². The summed E-state index contributed by atoms with van der Waals surface area (Å²) < 4.78 is 15.8. The maximum atomic E-state index is 6.89. The lowest BCUT2D eigenvalue weighted by Crippen LogP contribution is -2.04. The SMILES string of the molecule is Clc1nc(-c2ccccc2)c2ccc3ccccc3c2n1.c1ccc(-c2nc(-n3c4ccccc4c4c5c6ccc7ccccc7c6oc5c5ccccc5c43)nc3c2ccc2ccccc23)cc1.c1ccc2c(c1)ccc1c2oc2c3ccccc3c3[nH]c4ccccc4c3c12. The van der Waals surface area contributed by atoms with Gasteiger partial charge in [-0.15, -0.1) is 0 Å². The lowest BCUT2D eigenvalue weighted by molar-refractivity contribution is 0.676. The minimum atomic E-state index is 0.276. The molecule has 0 radical (unpaired) electrons. The monoisotopic (exact) mass is 1260 g/mol. The van der Waals surface area contributed by atoms with Crippen molar-refractivity contribution in [2.45, 2.75) is 0 Å². The maximum absolute atomic E-state index is 6.89. The first kappa shape index (κ1) is 54.8. The van der Waals surface area contributed by atoms with Gasteiger partial charge in [0.1, 0.15) is 22.3 Å². The number of nitrogens with one attached hydrogen (secondary N) is 1. The normalized spacial score (nSPS) is 12.0. The van der Waals surface area contributed by atoms with Gasteiger partial charge in [0.05, 0.1) is 39.0 Å². The van der Waals surface area contributed by atoms with E-state index in [9.17, 15) is 0 Å². The largest absolute Gasteiger partial charge is 0.455 e. The van der Waals surface area contributed by atoms with Gasteiger partial charge in [-0.25, -0.2) is 19.9 Å². The number of hydrogen-bond acceptors (Lipinski definition) is 6. The second-order valence-electron chi connectivity index (χ2n) is 24.8. The molecule has 0 bridgehead atoms. The third-order valence-corrected chi connectivity index (χ3v) is 19.7. The van der Waals surface area contributed by atoms with Gasteiger partial charge in [0.2, 0.25) is 11.2 Å². The molecule has 9 heteroatoms. The molecule has 0 aliphatic heterocycles. The summed E-state index contributed by atoms with van der Waals surface area (Å²) >= 11 is 6.15. The van der Waals surface area contributed by atoms with Crippen molar-refractivity contribution in [3.63, 3.8) is 0 Å². The molecule has 6 heterocycles. The van der Waals surface area contributed by atoms with Crippen LogP contribution in [0.3, 0.4) is 0 Å². The molecule has 22 rings (SSSR count). The minimum Gasteiger partial charge on any atom is -0.455 e. The van der Waals surface area contributed by atoms with E-state index >= 15 is 0 Å². The van der Waals surface area contributed by atoms with Crippen LogP contribution in [0.25, 0.3) is 202 Å². The Morgan fingerprint density at radius 3 is 1.27 bits per heavy atom. The molecular weight excluding hydrogens is 1210 g/mol. The van der Waals surface area contributed by atoms with Gasteiger partial charge in [-0.2, -0.15) is 0 Å². The fourth-order valence-electron chi connectivity index (χ4n) is 15.3. The Morgan fingerprint density at radius 2 is 0.691 bits per heavy atom. The summed E-state index contributed by atoms with van der Waals surface area (Å²) in [5, 5.41) is 25.4. The molecule has 0 amide bonds. The molecule has 0 spiro atoms. The van der Waals surface area contributed by atoms with E-state index in [2.05, 4.69) is 274 Å². The van der Waals surface area contributed by atoms with Crippen LogP contribution in [0, 0.1) is 0 Å². The molecule has 97 heavy (non-hydrogen) atoms. The summed E-state index contributed by atoms with van der Waals surface area (Å²) in [6.07, 6.45) is 0. The molecule has 0 atom stereocenters. The van der Waals surface area contributed by atoms with Gasteiger partial charge in [0.15, 0.2) is 0 Å². The number of aromatic amines is 1. The number of rotatable bonds is 3. The van der Waals surface area contributed by atoms with Crippen molar-refractivity contribution in [2.75, 3.05) is 0 Å². The molecule has 16 aromatic carbocycles. The highest BCUT2D eigenvalue weighted by Gasteiger charge is 2.26. The Balaban J connectivity index is 0.000000110. The van der Waals surface area contributed by atoms with Crippen LogP contribution in [-0.2, 0) is 0 Å². The van der Waals surface area contributed by atoms with Crippen LogP contribution in [0.1, 0.15) is 0 Å². The van der Waals surface area contributed by atoms with E-state index in [1.807, 2.05) is 48.5 Å². The standard InChI is InChI=1S/C44H25N3O.C26H15NO.C18H11ClN2/c1-2-14-28(15-3-1)39-35-25-23-26-12-4-6-16-29(26)40(35)46-44(45-39)47-36-21-11-10-20-33(36)37-38-34-24-22-27-13-5-7-17-30(27)42(34)48-43(38)32-19-9-8-18-31(32)41(37)47;1-2-8-16-15(7-1)13-14-20-23-22-19-11-5-6-12-21(19)27-24(22)17-9-3-4-10-18(17)26(23)28-25(16)20;19-18-20-16(13-7-2-1-3-8-13)15-11-10-12-6-4-5-9-14(12)17(15)21-18/h1-25H;1-14,27H;1-11H. The lowest BCUT2D eigenvalue weighted by atomic mass is 9.98. The molecule has 0 saturated heterocycles. The van der Waals surface area contributed by atoms with E-state index in [0.29, 0.717) is 5.95 Å². The summed E-state index contributed by atoms with van der Waals surface area (Å²) in [5.74, 6) is 0.645. The summed E-state index contributed by atoms with van der Waals surface area (Å²) in [4.78, 5) is 23.4. The molecule has 6 aromatic heterocycles. The average molecular weight is 1260 g/mol. The Morgan fingerprint density at radius 1 is 0.278 bits per heavy atom. The zero-order chi connectivity index (χ0) is 63.8. The van der Waals surface area contributed by atoms with Gasteiger partial charge in [-0.05, 0) is 69.5 Å². The Hall–Kier alpha value is -12.8. The molecular formula is C88H51ClN6O2. The van der Waals surface area contributed by atoms with E-state index in [1.165, 1.54) is 37.8 Å². The molecule has 0 aliphatic rings. The van der Waals surface area contributed by atoms with Gasteiger partial charge in [0, 0.05) is 114 Å². The van der Waals surface area contributed by atoms with Gasteiger partial charge < -0.3 is 13.8 Å². The number of fused-ring (bicyclic) bond motifs is 30. The second-order valence-corrected chi connectivity index (χ2v) is 25.2. The number of H-pyrrole nitrogens is 1. The van der Waals surface area contributed by atoms with E-state index in [4.69, 9.17) is 30.4 Å². The number of benzene rings is 16. The fourth-order valence-corrected chi connectivity index (χ4v) is 15.5. The van der Waals surface area contributed by atoms with E-state index in [1.54, 1.807) is 0 Å². The van der Waals surface area contributed by atoms with Crippen LogP contribution in [0.4, 0.5) is 0 Å². The van der Waals surface area contributed by atoms with Crippen molar-refractivity contribution >= 4 is 186 Å². The molecule has 22 aromatic rings. The number of nitrogens with zero attached hydrogens (tertiary/aromatic N) is 5. The molecule has 1 N–H and O–H groups in total. The number of para-hydroxylation sites is 2. The van der Waals surface area contributed by atoms with Crippen LogP contribution in [0.5, 0.6) is 0 Å². The molecule has 0 saturated carbocycles. The molecule has 0 aliphatic carbocycles. The first-order valence-corrected chi connectivity index (χ1v) is 32.9. The Bertz CT molecular complexity index is 7030. The van der Waals surface area contributed by atoms with Crippen LogP contribution < -0.4 is 0 Å². The maximum Gasteiger partial charge on any atom is 0.235 e. The van der Waals surface area contributed by atoms with Gasteiger partial charge in [-0.3, -0.25) is 4.57 Å². The van der Waals surface area contributed by atoms with Crippen molar-refractivity contribution in [2.24, 2.45) is 0 Å². The summed E-state index contributed by atoms with van der Waals surface area (Å²) in [6.45, 7) is 0. The number of halogens is 1. The second kappa shape index (κ2) is 21.7. The number of aromatic nitrogens is 6. The quantitative estimate of drug-likeness (QED) is 0.140. The van der Waals surface area contributed by atoms with E-state index < -0.39 is 0 Å². The average Bonchev–Trinajstić information content (AvgIpc) is 1.54. The highest BCUT2D eigenvalue weighted by Crippen LogP contribution is 2.49. The first-order valence-electron chi connectivity index (χ1n) is 32.5. The van der Waals surface area contributed by atoms with Gasteiger partial charge in [-0.1, -0.05) is 267 Å². The number of hydrogen-bond donors (Lipinski definition) is 1. The van der Waals surface area contributed by atoms with Crippen LogP contribution >= 0.6 is 11.6 Å². The van der Waals surface area contributed by atoms with Crippen molar-refractivity contribution in [1.82, 2.24) is 29.5 Å². The summed E-state index contributed by atoms with van der Waals surface area (Å²) in [5.41, 5.74) is 14.0. The van der Waals surface area contributed by atoms with Crippen LogP contribution in [0.15, 0.2) is 312 Å². The van der Waals surface area contributed by atoms with Gasteiger partial charge >= 0.3 is 0 Å². The predicted molar refractivity (Wildman–Crippen MR) is 405 cm³/mol. The topological polar surface area (TPSA) is 98.6 Å². The molecule has 452 valence electrons. The third kappa shape index (κ3) is 8.44. The highest BCUT2D eigenvalue weighted by atomic mass is 35.5. The summed E-state index contributed by atoms with van der Waals surface area (Å²) in [6, 6.07) is 106. The Kier molecular flexibility index (Phi) is 12.2. The van der Waals surface area contributed by atoms with Crippen molar-refractivity contribution < 1.29 is 8.83 Å².